The van der Waals surface area contributed by atoms with Crippen LogP contribution in [0.1, 0.15) is 31.2 Å². The Hall–Kier alpha value is -1.17. The average molecular weight is 299 g/mol. The number of nitro groups is 1. The molecule has 2 rings (SSSR count). The lowest BCUT2D eigenvalue weighted by molar-refractivity contribution is -0.385. The van der Waals surface area contributed by atoms with Gasteiger partial charge < -0.3 is 5.11 Å². The van der Waals surface area contributed by atoms with Crippen molar-refractivity contribution in [2.75, 3.05) is 7.05 Å². The molecule has 5 nitrogen and oxygen atoms in total. The number of aliphatic hydroxyl groups excluding tert-OH is 1. The van der Waals surface area contributed by atoms with Gasteiger partial charge in [0.15, 0.2) is 0 Å². The monoisotopic (exact) mass is 298 g/mol. The van der Waals surface area contributed by atoms with Gasteiger partial charge in [-0.2, -0.15) is 0 Å². The van der Waals surface area contributed by atoms with Crippen LogP contribution >= 0.6 is 11.6 Å². The summed E-state index contributed by atoms with van der Waals surface area (Å²) in [5.74, 6) is 0. The Morgan fingerprint density at radius 1 is 1.45 bits per heavy atom. The normalized spacial score (nSPS) is 23.0. The molecule has 0 aliphatic heterocycles. The van der Waals surface area contributed by atoms with Crippen LogP contribution in [0.5, 0.6) is 0 Å². The third kappa shape index (κ3) is 3.29. The molecule has 1 aliphatic carbocycles. The van der Waals surface area contributed by atoms with Crippen molar-refractivity contribution in [3.05, 3.63) is 38.9 Å². The van der Waals surface area contributed by atoms with Crippen molar-refractivity contribution in [2.45, 2.75) is 44.4 Å². The standard InChI is InChI=1S/C14H19ClN2O3/c1-16(13-6-2-3-8-14(13)18)9-10-11(15)5-4-7-12(10)17(19)20/h4-5,7,13-14,18H,2-3,6,8-9H2,1H3. The Bertz CT molecular complexity index is 495. The van der Waals surface area contributed by atoms with E-state index in [0.29, 0.717) is 17.1 Å². The van der Waals surface area contributed by atoms with Crippen molar-refractivity contribution < 1.29 is 10.0 Å². The second-order valence-electron chi connectivity index (χ2n) is 5.33. The number of rotatable bonds is 4. The molecule has 1 N–H and O–H groups in total. The van der Waals surface area contributed by atoms with E-state index in [2.05, 4.69) is 0 Å². The molecule has 6 heteroatoms. The molecule has 1 aromatic rings. The van der Waals surface area contributed by atoms with E-state index in [1.54, 1.807) is 12.1 Å². The minimum Gasteiger partial charge on any atom is -0.391 e. The fourth-order valence-corrected chi connectivity index (χ4v) is 3.08. The van der Waals surface area contributed by atoms with Gasteiger partial charge in [0.1, 0.15) is 0 Å². The molecule has 0 radical (unpaired) electrons. The summed E-state index contributed by atoms with van der Waals surface area (Å²) in [6.07, 6.45) is 3.46. The smallest absolute Gasteiger partial charge is 0.275 e. The number of nitro benzene ring substituents is 1. The number of halogens is 1. The Morgan fingerprint density at radius 2 is 2.15 bits per heavy atom. The predicted octanol–water partition coefficient (Wildman–Crippen LogP) is 2.98. The lowest BCUT2D eigenvalue weighted by Gasteiger charge is -2.35. The molecule has 1 saturated carbocycles. The SMILES string of the molecule is CN(Cc1c(Cl)cccc1[N+](=O)[O-])C1CCCCC1O. The van der Waals surface area contributed by atoms with Crippen LogP contribution in [0.4, 0.5) is 5.69 Å². The first-order valence-corrected chi connectivity index (χ1v) is 7.18. The Morgan fingerprint density at radius 3 is 2.80 bits per heavy atom. The number of aliphatic hydroxyl groups is 1. The average Bonchev–Trinajstić information content (AvgIpc) is 2.41. The van der Waals surface area contributed by atoms with Crippen LogP contribution < -0.4 is 0 Å². The summed E-state index contributed by atoms with van der Waals surface area (Å²) in [5, 5.41) is 21.5. The lowest BCUT2D eigenvalue weighted by atomic mass is 9.91. The Kier molecular flexibility index (Phi) is 4.96. The summed E-state index contributed by atoms with van der Waals surface area (Å²) in [7, 11) is 1.88. The van der Waals surface area contributed by atoms with Crippen LogP contribution in [0.3, 0.4) is 0 Å². The van der Waals surface area contributed by atoms with Crippen LogP contribution in [-0.4, -0.2) is 34.1 Å². The molecule has 2 unspecified atom stereocenters. The summed E-state index contributed by atoms with van der Waals surface area (Å²) < 4.78 is 0. The molecule has 1 aromatic carbocycles. The van der Waals surface area contributed by atoms with Crippen molar-refractivity contribution in [3.63, 3.8) is 0 Å². The molecule has 0 amide bonds. The van der Waals surface area contributed by atoms with E-state index in [4.69, 9.17) is 11.6 Å². The molecule has 0 spiro atoms. The fraction of sp³-hybridized carbons (Fsp3) is 0.571. The van der Waals surface area contributed by atoms with E-state index >= 15 is 0 Å². The highest BCUT2D eigenvalue weighted by Crippen LogP contribution is 2.30. The van der Waals surface area contributed by atoms with Gasteiger partial charge in [0.05, 0.1) is 21.6 Å². The van der Waals surface area contributed by atoms with Gasteiger partial charge >= 0.3 is 0 Å². The van der Waals surface area contributed by atoms with Gasteiger partial charge in [-0.25, -0.2) is 0 Å². The molecule has 0 saturated heterocycles. The molecule has 0 bridgehead atoms. The van der Waals surface area contributed by atoms with E-state index in [1.165, 1.54) is 6.07 Å². The van der Waals surface area contributed by atoms with E-state index in [9.17, 15) is 15.2 Å². The zero-order valence-corrected chi connectivity index (χ0v) is 12.2. The van der Waals surface area contributed by atoms with Crippen LogP contribution in [0.15, 0.2) is 18.2 Å². The van der Waals surface area contributed by atoms with E-state index in [0.717, 1.165) is 25.7 Å². The van der Waals surface area contributed by atoms with Crippen LogP contribution in [0, 0.1) is 10.1 Å². The first-order valence-electron chi connectivity index (χ1n) is 6.80. The lowest BCUT2D eigenvalue weighted by Crippen LogP contribution is -2.43. The maximum Gasteiger partial charge on any atom is 0.275 e. The number of nitrogens with zero attached hydrogens (tertiary/aromatic N) is 2. The third-order valence-electron chi connectivity index (χ3n) is 3.96. The maximum atomic E-state index is 11.1. The molecule has 0 aromatic heterocycles. The molecule has 0 heterocycles. The minimum absolute atomic E-state index is 0.0367. The molecular formula is C14H19ClN2O3. The third-order valence-corrected chi connectivity index (χ3v) is 4.31. The molecule has 1 fully saturated rings. The topological polar surface area (TPSA) is 66.6 Å². The second kappa shape index (κ2) is 6.52. The number of hydrogen-bond acceptors (Lipinski definition) is 4. The molecule has 1 aliphatic rings. The summed E-state index contributed by atoms with van der Waals surface area (Å²) in [6.45, 7) is 0.373. The summed E-state index contributed by atoms with van der Waals surface area (Å²) in [6, 6.07) is 4.75. The zero-order valence-electron chi connectivity index (χ0n) is 11.5. The number of likely N-dealkylation sites (N-methyl/N-ethyl adjacent to an activating group) is 1. The highest BCUT2D eigenvalue weighted by Gasteiger charge is 2.28. The predicted molar refractivity (Wildman–Crippen MR) is 77.8 cm³/mol. The van der Waals surface area contributed by atoms with Gasteiger partial charge in [0.2, 0.25) is 0 Å². The van der Waals surface area contributed by atoms with Crippen molar-refractivity contribution in [1.82, 2.24) is 4.90 Å². The molecule has 20 heavy (non-hydrogen) atoms. The maximum absolute atomic E-state index is 11.1. The van der Waals surface area contributed by atoms with E-state index in [1.807, 2.05) is 11.9 Å². The van der Waals surface area contributed by atoms with Crippen LogP contribution in [-0.2, 0) is 6.54 Å². The molecular weight excluding hydrogens is 280 g/mol. The summed E-state index contributed by atoms with van der Waals surface area (Å²) >= 11 is 6.10. The first kappa shape index (κ1) is 15.2. The zero-order chi connectivity index (χ0) is 14.7. The van der Waals surface area contributed by atoms with Gasteiger partial charge in [-0.1, -0.05) is 30.5 Å². The highest BCUT2D eigenvalue weighted by molar-refractivity contribution is 6.31. The second-order valence-corrected chi connectivity index (χ2v) is 5.74. The van der Waals surface area contributed by atoms with Crippen molar-refractivity contribution in [1.29, 1.82) is 0 Å². The van der Waals surface area contributed by atoms with Crippen molar-refractivity contribution in [2.24, 2.45) is 0 Å². The van der Waals surface area contributed by atoms with E-state index in [-0.39, 0.29) is 17.8 Å². The van der Waals surface area contributed by atoms with Gasteiger partial charge in [-0.15, -0.1) is 0 Å². The van der Waals surface area contributed by atoms with Crippen LogP contribution in [0.25, 0.3) is 0 Å². The van der Waals surface area contributed by atoms with Gasteiger partial charge in [-0.05, 0) is 26.0 Å². The Labute approximate surface area is 123 Å². The van der Waals surface area contributed by atoms with Crippen molar-refractivity contribution >= 4 is 17.3 Å². The fourth-order valence-electron chi connectivity index (χ4n) is 2.85. The highest BCUT2D eigenvalue weighted by atomic mass is 35.5. The van der Waals surface area contributed by atoms with E-state index < -0.39 is 4.92 Å². The first-order chi connectivity index (χ1) is 9.50. The van der Waals surface area contributed by atoms with Gasteiger partial charge in [-0.3, -0.25) is 15.0 Å². The molecule has 110 valence electrons. The summed E-state index contributed by atoms with van der Waals surface area (Å²) in [5.41, 5.74) is 0.550. The summed E-state index contributed by atoms with van der Waals surface area (Å²) in [4.78, 5) is 12.6. The van der Waals surface area contributed by atoms with Gasteiger partial charge in [0, 0.05) is 18.7 Å². The van der Waals surface area contributed by atoms with Crippen molar-refractivity contribution in [3.8, 4) is 0 Å². The molecule has 2 atom stereocenters. The largest absolute Gasteiger partial charge is 0.391 e. The minimum atomic E-state index is -0.410. The number of benzene rings is 1. The Balaban J connectivity index is 2.18. The quantitative estimate of drug-likeness (QED) is 0.685. The number of hydrogen-bond donors (Lipinski definition) is 1. The van der Waals surface area contributed by atoms with Gasteiger partial charge in [0.25, 0.3) is 5.69 Å². The van der Waals surface area contributed by atoms with Crippen LogP contribution in [0.2, 0.25) is 5.02 Å².